The quantitative estimate of drug-likeness (QED) is 0.257. The van der Waals surface area contributed by atoms with Crippen molar-refractivity contribution in [2.24, 2.45) is 4.99 Å². The Kier molecular flexibility index (Phi) is 6.12. The monoisotopic (exact) mass is 361 g/mol. The van der Waals surface area contributed by atoms with E-state index in [9.17, 15) is 4.39 Å². The molecule has 0 saturated carbocycles. The van der Waals surface area contributed by atoms with Gasteiger partial charge in [-0.2, -0.15) is 4.99 Å². The number of halogens is 1. The van der Waals surface area contributed by atoms with Gasteiger partial charge >= 0.3 is 0 Å². The molecule has 1 nitrogen and oxygen atoms in total. The number of hydrogen-bond donors (Lipinski definition) is 0. The molecular weight excluding hydrogens is 341 g/mol. The molecule has 1 aliphatic carbocycles. The topological polar surface area (TPSA) is 12.4 Å². The van der Waals surface area contributed by atoms with E-state index >= 15 is 0 Å². The Labute approximate surface area is 159 Å². The third-order valence-electron chi connectivity index (χ3n) is 4.49. The van der Waals surface area contributed by atoms with Crippen LogP contribution in [0, 0.1) is 17.7 Å². The molecule has 0 saturated heterocycles. The molecule has 0 unspecified atom stereocenters. The fourth-order valence-electron chi connectivity index (χ4n) is 3.12. The molecule has 3 heteroatoms. The molecule has 0 aliphatic heterocycles. The summed E-state index contributed by atoms with van der Waals surface area (Å²) in [4.78, 5) is 3.67. The van der Waals surface area contributed by atoms with Gasteiger partial charge in [-0.25, -0.2) is 4.39 Å². The van der Waals surface area contributed by atoms with Gasteiger partial charge < -0.3 is 0 Å². The van der Waals surface area contributed by atoms with E-state index in [4.69, 9.17) is 0 Å². The molecule has 3 rings (SSSR count). The molecule has 2 aromatic carbocycles. The summed E-state index contributed by atoms with van der Waals surface area (Å²) in [5.41, 5.74) is 5.90. The summed E-state index contributed by atoms with van der Waals surface area (Å²) < 4.78 is 13.9. The zero-order chi connectivity index (χ0) is 18.4. The molecule has 0 heterocycles. The fraction of sp³-hybridized carbons (Fsp3) is 0.261. The molecular formula is C23H20FNS. The number of hydrogen-bond acceptors (Lipinski definition) is 2. The number of thiocarbonyl (C=S) groups is 1. The summed E-state index contributed by atoms with van der Waals surface area (Å²) in [5.74, 6) is 5.71. The average molecular weight is 361 g/mol. The van der Waals surface area contributed by atoms with E-state index in [0.717, 1.165) is 12.0 Å². The Morgan fingerprint density at radius 1 is 1.08 bits per heavy atom. The first-order valence-corrected chi connectivity index (χ1v) is 9.32. The lowest BCUT2D eigenvalue weighted by Gasteiger charge is -2.01. The van der Waals surface area contributed by atoms with Gasteiger partial charge in [-0.1, -0.05) is 49.3 Å². The van der Waals surface area contributed by atoms with E-state index in [0.29, 0.717) is 5.56 Å². The number of rotatable bonds is 5. The van der Waals surface area contributed by atoms with Crippen molar-refractivity contribution in [1.82, 2.24) is 0 Å². The first-order valence-electron chi connectivity index (χ1n) is 8.91. The molecule has 26 heavy (non-hydrogen) atoms. The number of allylic oxidation sites excluding steroid dienone is 1. The molecule has 2 aromatic rings. The number of unbranched alkanes of at least 4 members (excludes halogenated alkanes) is 2. The Balaban J connectivity index is 1.71. The smallest absolute Gasteiger partial charge is 0.150 e. The molecule has 0 fully saturated rings. The van der Waals surface area contributed by atoms with Gasteiger partial charge in [0.25, 0.3) is 0 Å². The minimum absolute atomic E-state index is 0.185. The van der Waals surface area contributed by atoms with Gasteiger partial charge in [0.2, 0.25) is 0 Å². The summed E-state index contributed by atoms with van der Waals surface area (Å²) in [5, 5.41) is 2.17. The zero-order valence-corrected chi connectivity index (χ0v) is 15.6. The van der Waals surface area contributed by atoms with Crippen LogP contribution >= 0.6 is 12.2 Å². The first-order chi connectivity index (χ1) is 12.7. The number of benzene rings is 2. The second-order valence-corrected chi connectivity index (χ2v) is 6.65. The van der Waals surface area contributed by atoms with Crippen LogP contribution in [0.3, 0.4) is 0 Å². The number of nitrogens with zero attached hydrogens (tertiary/aromatic N) is 1. The lowest BCUT2D eigenvalue weighted by Crippen LogP contribution is -1.87. The van der Waals surface area contributed by atoms with Crippen LogP contribution in [-0.2, 0) is 6.42 Å². The Hall–Kier alpha value is -2.53. The van der Waals surface area contributed by atoms with Crippen molar-refractivity contribution in [2.75, 3.05) is 0 Å². The van der Waals surface area contributed by atoms with Crippen molar-refractivity contribution >= 4 is 29.1 Å². The molecule has 0 aromatic heterocycles. The lowest BCUT2D eigenvalue weighted by atomic mass is 10.0. The van der Waals surface area contributed by atoms with Crippen molar-refractivity contribution in [1.29, 1.82) is 0 Å². The van der Waals surface area contributed by atoms with Gasteiger partial charge in [0.15, 0.2) is 5.82 Å². The van der Waals surface area contributed by atoms with Gasteiger partial charge in [-0.3, -0.25) is 0 Å². The van der Waals surface area contributed by atoms with Crippen LogP contribution in [0.1, 0.15) is 54.9 Å². The molecule has 0 amide bonds. The molecule has 0 atom stereocenters. The largest absolute Gasteiger partial charge is 0.205 e. The lowest BCUT2D eigenvalue weighted by molar-refractivity contribution is 0.629. The first kappa shape index (κ1) is 18.3. The minimum Gasteiger partial charge on any atom is -0.205 e. The summed E-state index contributed by atoms with van der Waals surface area (Å²) >= 11 is 4.50. The SMILES string of the molecule is CCCCCC1=Cc2ccc(C#Cc3ccc(N=C=S)c(F)c3)cc2C1. The Morgan fingerprint density at radius 3 is 2.58 bits per heavy atom. The average Bonchev–Trinajstić information content (AvgIpc) is 3.04. The van der Waals surface area contributed by atoms with Crippen molar-refractivity contribution in [3.63, 3.8) is 0 Å². The molecule has 0 radical (unpaired) electrons. The second kappa shape index (κ2) is 8.72. The van der Waals surface area contributed by atoms with Crippen molar-refractivity contribution in [3.05, 3.63) is 70.0 Å². The van der Waals surface area contributed by atoms with E-state index in [1.807, 2.05) is 6.07 Å². The second-order valence-electron chi connectivity index (χ2n) is 6.47. The van der Waals surface area contributed by atoms with Gasteiger partial charge in [0.1, 0.15) is 5.69 Å². The third-order valence-corrected chi connectivity index (χ3v) is 4.58. The van der Waals surface area contributed by atoms with Crippen LogP contribution in [0.15, 0.2) is 47.0 Å². The fourth-order valence-corrected chi connectivity index (χ4v) is 3.22. The summed E-state index contributed by atoms with van der Waals surface area (Å²) in [6.45, 7) is 2.23. The molecule has 0 N–H and O–H groups in total. The van der Waals surface area contributed by atoms with Gasteiger partial charge in [0, 0.05) is 11.1 Å². The van der Waals surface area contributed by atoms with Gasteiger partial charge in [0.05, 0.1) is 5.16 Å². The van der Waals surface area contributed by atoms with Crippen molar-refractivity contribution < 1.29 is 4.39 Å². The normalized spacial score (nSPS) is 11.8. The zero-order valence-electron chi connectivity index (χ0n) is 14.8. The molecule has 0 bridgehead atoms. The number of isothiocyanates is 1. The van der Waals surface area contributed by atoms with E-state index in [2.05, 4.69) is 59.3 Å². The van der Waals surface area contributed by atoms with Gasteiger partial charge in [-0.05, 0) is 72.9 Å². The van der Waals surface area contributed by atoms with Crippen molar-refractivity contribution in [2.45, 2.75) is 39.0 Å². The predicted octanol–water partition coefficient (Wildman–Crippen LogP) is 6.48. The van der Waals surface area contributed by atoms with Crippen LogP contribution in [0.25, 0.3) is 6.08 Å². The van der Waals surface area contributed by atoms with E-state index in [-0.39, 0.29) is 5.69 Å². The van der Waals surface area contributed by atoms with E-state index in [1.54, 1.807) is 12.1 Å². The molecule has 0 spiro atoms. The van der Waals surface area contributed by atoms with Crippen LogP contribution in [0.2, 0.25) is 0 Å². The van der Waals surface area contributed by atoms with Crippen LogP contribution in [0.5, 0.6) is 0 Å². The van der Waals surface area contributed by atoms with E-state index in [1.165, 1.54) is 48.4 Å². The van der Waals surface area contributed by atoms with Crippen molar-refractivity contribution in [3.8, 4) is 11.8 Å². The highest BCUT2D eigenvalue weighted by Gasteiger charge is 2.12. The highest BCUT2D eigenvalue weighted by atomic mass is 32.1. The summed E-state index contributed by atoms with van der Waals surface area (Å²) in [6.07, 6.45) is 8.31. The summed E-state index contributed by atoms with van der Waals surface area (Å²) in [6, 6.07) is 11.0. The number of fused-ring (bicyclic) bond motifs is 1. The van der Waals surface area contributed by atoms with E-state index < -0.39 is 5.82 Å². The maximum absolute atomic E-state index is 13.9. The highest BCUT2D eigenvalue weighted by molar-refractivity contribution is 7.78. The van der Waals surface area contributed by atoms with Gasteiger partial charge in [-0.15, -0.1) is 0 Å². The number of aliphatic imine (C=N–C) groups is 1. The Bertz CT molecular complexity index is 956. The van der Waals surface area contributed by atoms with Crippen LogP contribution in [0.4, 0.5) is 10.1 Å². The predicted molar refractivity (Wildman–Crippen MR) is 109 cm³/mol. The maximum atomic E-state index is 13.9. The standard InChI is InChI=1S/C23H20FNS/c1-2-3-4-5-19-13-20-10-8-17(12-21(20)14-19)6-7-18-9-11-23(25-16-26)22(24)15-18/h8-13,15H,2-5,14H2,1H3. The summed E-state index contributed by atoms with van der Waals surface area (Å²) in [7, 11) is 0. The Morgan fingerprint density at radius 2 is 1.85 bits per heavy atom. The third kappa shape index (κ3) is 4.55. The van der Waals surface area contributed by atoms with Crippen LogP contribution < -0.4 is 0 Å². The highest BCUT2D eigenvalue weighted by Crippen LogP contribution is 2.29. The molecule has 130 valence electrons. The minimum atomic E-state index is -0.441. The molecule has 1 aliphatic rings. The maximum Gasteiger partial charge on any atom is 0.150 e. The van der Waals surface area contributed by atoms with Crippen LogP contribution in [-0.4, -0.2) is 5.16 Å².